The molecule has 1 aromatic carbocycles. The number of pyridine rings is 1. The summed E-state index contributed by atoms with van der Waals surface area (Å²) in [5.41, 5.74) is 0.801. The van der Waals surface area contributed by atoms with Crippen LogP contribution < -0.4 is 20.1 Å². The van der Waals surface area contributed by atoms with Gasteiger partial charge in [0.1, 0.15) is 11.5 Å². The number of aliphatic imine (C=N–C) groups is 1. The molecule has 0 aliphatic carbocycles. The van der Waals surface area contributed by atoms with Crippen molar-refractivity contribution >= 4 is 29.9 Å². The van der Waals surface area contributed by atoms with E-state index in [2.05, 4.69) is 20.6 Å². The number of nitrogens with zero attached hydrogens (tertiary/aromatic N) is 2. The Bertz CT molecular complexity index is 754. The van der Waals surface area contributed by atoms with Crippen LogP contribution in [0.2, 0.25) is 0 Å². The highest BCUT2D eigenvalue weighted by atomic mass is 127. The van der Waals surface area contributed by atoms with Gasteiger partial charge in [-0.05, 0) is 36.8 Å². The van der Waals surface area contributed by atoms with Crippen LogP contribution in [0.5, 0.6) is 17.4 Å². The zero-order valence-electron chi connectivity index (χ0n) is 16.1. The molecular formula is C19H24F3IN4O2. The first-order valence-corrected chi connectivity index (χ1v) is 8.75. The quantitative estimate of drug-likeness (QED) is 0.303. The summed E-state index contributed by atoms with van der Waals surface area (Å²) in [6.45, 7) is 2.43. The minimum absolute atomic E-state index is 0. The second-order valence-electron chi connectivity index (χ2n) is 5.77. The molecule has 1 aromatic heterocycles. The van der Waals surface area contributed by atoms with Gasteiger partial charge < -0.3 is 20.1 Å². The highest BCUT2D eigenvalue weighted by molar-refractivity contribution is 14.0. The Morgan fingerprint density at radius 3 is 2.31 bits per heavy atom. The molecule has 0 spiro atoms. The molecule has 0 amide bonds. The van der Waals surface area contributed by atoms with E-state index in [1.165, 1.54) is 0 Å². The monoisotopic (exact) mass is 524 g/mol. The highest BCUT2D eigenvalue weighted by Crippen LogP contribution is 2.22. The lowest BCUT2D eigenvalue weighted by molar-refractivity contribution is -0.132. The van der Waals surface area contributed by atoms with Crippen molar-refractivity contribution in [3.63, 3.8) is 0 Å². The second-order valence-corrected chi connectivity index (χ2v) is 5.77. The van der Waals surface area contributed by atoms with Crippen molar-refractivity contribution in [2.45, 2.75) is 26.1 Å². The number of ether oxygens (including phenoxy) is 2. The highest BCUT2D eigenvalue weighted by Gasteiger charge is 2.26. The molecule has 2 aromatic rings. The molecule has 10 heteroatoms. The van der Waals surface area contributed by atoms with Crippen LogP contribution in [0.4, 0.5) is 13.2 Å². The summed E-state index contributed by atoms with van der Waals surface area (Å²) >= 11 is 0. The minimum atomic E-state index is -4.20. The Hall–Kier alpha value is -2.24. The molecule has 0 aliphatic heterocycles. The zero-order chi connectivity index (χ0) is 20.4. The maximum Gasteiger partial charge on any atom is 0.390 e. The van der Waals surface area contributed by atoms with E-state index in [1.54, 1.807) is 49.7 Å². The van der Waals surface area contributed by atoms with E-state index >= 15 is 0 Å². The summed E-state index contributed by atoms with van der Waals surface area (Å²) in [5.74, 6) is 2.11. The molecule has 0 radical (unpaired) electrons. The number of nitrogens with one attached hydrogen (secondary N) is 2. The predicted octanol–water partition coefficient (Wildman–Crippen LogP) is 4.51. The molecule has 6 nitrogen and oxygen atoms in total. The van der Waals surface area contributed by atoms with Crippen LogP contribution in [0.15, 0.2) is 47.6 Å². The van der Waals surface area contributed by atoms with Crippen LogP contribution in [0.3, 0.4) is 0 Å². The molecule has 0 fully saturated rings. The van der Waals surface area contributed by atoms with Crippen molar-refractivity contribution in [1.82, 2.24) is 15.6 Å². The van der Waals surface area contributed by atoms with E-state index in [9.17, 15) is 13.2 Å². The van der Waals surface area contributed by atoms with Gasteiger partial charge in [-0.25, -0.2) is 9.98 Å². The van der Waals surface area contributed by atoms with Gasteiger partial charge >= 0.3 is 6.18 Å². The Kier molecular flexibility index (Phi) is 10.6. The standard InChI is InChI=1S/C19H23F3N4O2.HI/c1-3-23-18(24-11-10-19(20,21)22)26-13-14-4-9-17(25-12-14)28-16-7-5-15(27-2)6-8-16;/h4-9,12H,3,10-11,13H2,1-2H3,(H2,23,24,26);1H. The van der Waals surface area contributed by atoms with Gasteiger partial charge in [-0.1, -0.05) is 6.07 Å². The number of halogens is 4. The number of guanidine groups is 1. The molecule has 0 aliphatic rings. The first-order chi connectivity index (χ1) is 13.4. The number of rotatable bonds is 8. The van der Waals surface area contributed by atoms with E-state index in [-0.39, 0.29) is 37.1 Å². The fraction of sp³-hybridized carbons (Fsp3) is 0.368. The molecule has 0 unspecified atom stereocenters. The van der Waals surface area contributed by atoms with Crippen LogP contribution in [-0.4, -0.2) is 37.3 Å². The van der Waals surface area contributed by atoms with Crippen molar-refractivity contribution in [1.29, 1.82) is 0 Å². The van der Waals surface area contributed by atoms with Crippen LogP contribution in [-0.2, 0) is 6.54 Å². The van der Waals surface area contributed by atoms with Crippen LogP contribution in [0, 0.1) is 0 Å². The molecule has 2 rings (SSSR count). The van der Waals surface area contributed by atoms with E-state index in [0.29, 0.717) is 24.1 Å². The number of methoxy groups -OCH3 is 1. The molecule has 0 atom stereocenters. The lowest BCUT2D eigenvalue weighted by Crippen LogP contribution is -2.38. The molecule has 0 saturated heterocycles. The Morgan fingerprint density at radius 1 is 1.07 bits per heavy atom. The van der Waals surface area contributed by atoms with Gasteiger partial charge in [0.2, 0.25) is 5.88 Å². The van der Waals surface area contributed by atoms with Crippen LogP contribution >= 0.6 is 24.0 Å². The van der Waals surface area contributed by atoms with Gasteiger partial charge in [0.15, 0.2) is 5.96 Å². The molecular weight excluding hydrogens is 500 g/mol. The van der Waals surface area contributed by atoms with E-state index < -0.39 is 12.6 Å². The predicted molar refractivity (Wildman–Crippen MR) is 116 cm³/mol. The summed E-state index contributed by atoms with van der Waals surface area (Å²) in [4.78, 5) is 8.49. The first-order valence-electron chi connectivity index (χ1n) is 8.75. The van der Waals surface area contributed by atoms with Gasteiger partial charge in [0.25, 0.3) is 0 Å². The van der Waals surface area contributed by atoms with Gasteiger partial charge in [-0.3, -0.25) is 0 Å². The smallest absolute Gasteiger partial charge is 0.390 e. The van der Waals surface area contributed by atoms with Crippen molar-refractivity contribution < 1.29 is 22.6 Å². The third kappa shape index (κ3) is 9.68. The largest absolute Gasteiger partial charge is 0.497 e. The Morgan fingerprint density at radius 2 is 1.76 bits per heavy atom. The number of hydrogen-bond donors (Lipinski definition) is 2. The zero-order valence-corrected chi connectivity index (χ0v) is 18.5. The number of aromatic nitrogens is 1. The van der Waals surface area contributed by atoms with E-state index in [4.69, 9.17) is 9.47 Å². The van der Waals surface area contributed by atoms with Crippen molar-refractivity contribution in [3.05, 3.63) is 48.2 Å². The van der Waals surface area contributed by atoms with Gasteiger partial charge in [0.05, 0.1) is 20.1 Å². The maximum atomic E-state index is 12.2. The molecule has 2 N–H and O–H groups in total. The van der Waals surface area contributed by atoms with Crippen molar-refractivity contribution in [2.75, 3.05) is 20.2 Å². The third-order valence-corrected chi connectivity index (χ3v) is 3.54. The summed E-state index contributed by atoms with van der Waals surface area (Å²) in [6, 6.07) is 10.6. The fourth-order valence-corrected chi connectivity index (χ4v) is 2.16. The molecule has 1 heterocycles. The molecule has 0 saturated carbocycles. The van der Waals surface area contributed by atoms with Gasteiger partial charge in [0, 0.05) is 25.4 Å². The number of benzene rings is 1. The molecule has 29 heavy (non-hydrogen) atoms. The second kappa shape index (κ2) is 12.3. The van der Waals surface area contributed by atoms with Gasteiger partial charge in [-0.15, -0.1) is 24.0 Å². The van der Waals surface area contributed by atoms with Gasteiger partial charge in [-0.2, -0.15) is 13.2 Å². The number of alkyl halides is 3. The molecule has 160 valence electrons. The third-order valence-electron chi connectivity index (χ3n) is 3.54. The van der Waals surface area contributed by atoms with Crippen molar-refractivity contribution in [3.8, 4) is 17.4 Å². The minimum Gasteiger partial charge on any atom is -0.497 e. The van der Waals surface area contributed by atoms with Crippen LogP contribution in [0.1, 0.15) is 18.9 Å². The van der Waals surface area contributed by atoms with Crippen LogP contribution in [0.25, 0.3) is 0 Å². The Labute approximate surface area is 184 Å². The lowest BCUT2D eigenvalue weighted by Gasteiger charge is -2.12. The summed E-state index contributed by atoms with van der Waals surface area (Å²) in [5, 5.41) is 5.57. The Balaban J connectivity index is 0.00000420. The SMILES string of the molecule is CCNC(=NCc1ccc(Oc2ccc(OC)cc2)nc1)NCCC(F)(F)F.I. The lowest BCUT2D eigenvalue weighted by atomic mass is 10.3. The summed E-state index contributed by atoms with van der Waals surface area (Å²) in [7, 11) is 1.59. The number of hydrogen-bond acceptors (Lipinski definition) is 4. The summed E-state index contributed by atoms with van der Waals surface area (Å²) < 4.78 is 47.5. The maximum absolute atomic E-state index is 12.2. The average Bonchev–Trinajstić information content (AvgIpc) is 2.67. The normalized spacial score (nSPS) is 11.4. The van der Waals surface area contributed by atoms with Crippen molar-refractivity contribution in [2.24, 2.45) is 4.99 Å². The van der Waals surface area contributed by atoms with E-state index in [1.807, 2.05) is 6.92 Å². The fourth-order valence-electron chi connectivity index (χ4n) is 2.16. The summed E-state index contributed by atoms with van der Waals surface area (Å²) in [6.07, 6.45) is -3.51. The molecule has 0 bridgehead atoms. The topological polar surface area (TPSA) is 67.8 Å². The first kappa shape index (κ1) is 24.8. The van der Waals surface area contributed by atoms with E-state index in [0.717, 1.165) is 11.3 Å². The average molecular weight is 524 g/mol.